The Labute approximate surface area is 104 Å². The molecule has 0 fully saturated rings. The SMILES string of the molecule is Cn1ccc(CNc2cnc3ccccc3n2)n1. The molecule has 0 aliphatic carbocycles. The van der Waals surface area contributed by atoms with Crippen LogP contribution in [0.3, 0.4) is 0 Å². The van der Waals surface area contributed by atoms with Crippen molar-refractivity contribution in [2.45, 2.75) is 6.54 Å². The first-order valence-electron chi connectivity index (χ1n) is 5.75. The van der Waals surface area contributed by atoms with Crippen molar-refractivity contribution >= 4 is 16.9 Å². The average Bonchev–Trinajstić information content (AvgIpc) is 2.82. The summed E-state index contributed by atoms with van der Waals surface area (Å²) in [5.41, 5.74) is 2.77. The van der Waals surface area contributed by atoms with Crippen LogP contribution in [-0.2, 0) is 13.6 Å². The van der Waals surface area contributed by atoms with Gasteiger partial charge in [0.2, 0.25) is 0 Å². The molecule has 3 rings (SSSR count). The number of aromatic nitrogens is 4. The van der Waals surface area contributed by atoms with E-state index in [2.05, 4.69) is 20.4 Å². The van der Waals surface area contributed by atoms with E-state index in [9.17, 15) is 0 Å². The van der Waals surface area contributed by atoms with Crippen LogP contribution in [-0.4, -0.2) is 19.7 Å². The third-order valence-electron chi connectivity index (χ3n) is 2.67. The molecule has 18 heavy (non-hydrogen) atoms. The van der Waals surface area contributed by atoms with Gasteiger partial charge in [0, 0.05) is 13.2 Å². The van der Waals surface area contributed by atoms with Gasteiger partial charge in [-0.1, -0.05) is 12.1 Å². The van der Waals surface area contributed by atoms with Crippen LogP contribution in [0.4, 0.5) is 5.82 Å². The highest BCUT2D eigenvalue weighted by molar-refractivity contribution is 5.75. The molecule has 0 saturated carbocycles. The van der Waals surface area contributed by atoms with Crippen LogP contribution in [0.15, 0.2) is 42.7 Å². The number of para-hydroxylation sites is 2. The Hall–Kier alpha value is -2.43. The summed E-state index contributed by atoms with van der Waals surface area (Å²) in [6.45, 7) is 0.647. The Morgan fingerprint density at radius 1 is 1.17 bits per heavy atom. The monoisotopic (exact) mass is 239 g/mol. The largest absolute Gasteiger partial charge is 0.363 e. The fourth-order valence-corrected chi connectivity index (χ4v) is 1.78. The fourth-order valence-electron chi connectivity index (χ4n) is 1.78. The highest BCUT2D eigenvalue weighted by Crippen LogP contribution is 2.11. The zero-order valence-electron chi connectivity index (χ0n) is 10.0. The quantitative estimate of drug-likeness (QED) is 0.759. The molecule has 3 aromatic rings. The van der Waals surface area contributed by atoms with Crippen molar-refractivity contribution in [1.29, 1.82) is 0 Å². The standard InChI is InChI=1S/C13H13N5/c1-18-7-6-10(17-18)8-15-13-9-14-11-4-2-3-5-12(11)16-13/h2-7,9H,8H2,1H3,(H,15,16). The maximum atomic E-state index is 4.49. The Balaban J connectivity index is 1.78. The van der Waals surface area contributed by atoms with Crippen molar-refractivity contribution in [1.82, 2.24) is 19.7 Å². The Kier molecular flexibility index (Phi) is 2.64. The molecule has 0 atom stereocenters. The molecule has 0 bridgehead atoms. The number of hydrogen-bond donors (Lipinski definition) is 1. The number of fused-ring (bicyclic) bond motifs is 1. The number of hydrogen-bond acceptors (Lipinski definition) is 4. The molecule has 0 spiro atoms. The summed E-state index contributed by atoms with van der Waals surface area (Å²) in [7, 11) is 1.90. The van der Waals surface area contributed by atoms with Gasteiger partial charge in [0.15, 0.2) is 0 Å². The predicted octanol–water partition coefficient (Wildman–Crippen LogP) is 1.98. The van der Waals surface area contributed by atoms with E-state index in [1.165, 1.54) is 0 Å². The second-order valence-corrected chi connectivity index (χ2v) is 4.08. The van der Waals surface area contributed by atoms with Crippen molar-refractivity contribution < 1.29 is 0 Å². The van der Waals surface area contributed by atoms with Gasteiger partial charge in [-0.2, -0.15) is 5.10 Å². The lowest BCUT2D eigenvalue weighted by Gasteiger charge is -2.04. The van der Waals surface area contributed by atoms with Crippen molar-refractivity contribution in [2.24, 2.45) is 7.05 Å². The molecule has 5 nitrogen and oxygen atoms in total. The van der Waals surface area contributed by atoms with Crippen molar-refractivity contribution in [2.75, 3.05) is 5.32 Å². The summed E-state index contributed by atoms with van der Waals surface area (Å²) in [6.07, 6.45) is 3.66. The number of benzene rings is 1. The molecule has 1 aromatic carbocycles. The van der Waals surface area contributed by atoms with E-state index >= 15 is 0 Å². The third-order valence-corrected chi connectivity index (χ3v) is 2.67. The zero-order chi connectivity index (χ0) is 12.4. The molecule has 0 amide bonds. The highest BCUT2D eigenvalue weighted by Gasteiger charge is 2.00. The second-order valence-electron chi connectivity index (χ2n) is 4.08. The normalized spacial score (nSPS) is 10.7. The van der Waals surface area contributed by atoms with E-state index in [4.69, 9.17) is 0 Å². The van der Waals surface area contributed by atoms with Crippen LogP contribution in [0, 0.1) is 0 Å². The van der Waals surface area contributed by atoms with Gasteiger partial charge < -0.3 is 5.32 Å². The molecule has 2 heterocycles. The molecular weight excluding hydrogens is 226 g/mol. The number of rotatable bonds is 3. The molecule has 0 radical (unpaired) electrons. The van der Waals surface area contributed by atoms with Crippen LogP contribution in [0.25, 0.3) is 11.0 Å². The summed E-state index contributed by atoms with van der Waals surface area (Å²) in [4.78, 5) is 8.84. The lowest BCUT2D eigenvalue weighted by atomic mass is 10.3. The molecule has 0 unspecified atom stereocenters. The maximum absolute atomic E-state index is 4.49. The fraction of sp³-hybridized carbons (Fsp3) is 0.154. The maximum Gasteiger partial charge on any atom is 0.145 e. The van der Waals surface area contributed by atoms with Crippen LogP contribution in [0.2, 0.25) is 0 Å². The summed E-state index contributed by atoms with van der Waals surface area (Å²) in [5, 5.41) is 7.51. The molecule has 0 aliphatic heterocycles. The molecule has 0 saturated heterocycles. The smallest absolute Gasteiger partial charge is 0.145 e. The van der Waals surface area contributed by atoms with Gasteiger partial charge >= 0.3 is 0 Å². The molecule has 2 aromatic heterocycles. The first-order chi connectivity index (χ1) is 8.81. The summed E-state index contributed by atoms with van der Waals surface area (Å²) >= 11 is 0. The Morgan fingerprint density at radius 3 is 2.78 bits per heavy atom. The van der Waals surface area contributed by atoms with Crippen LogP contribution >= 0.6 is 0 Å². The second kappa shape index (κ2) is 4.44. The van der Waals surface area contributed by atoms with Gasteiger partial charge in [-0.3, -0.25) is 9.67 Å². The van der Waals surface area contributed by atoms with Gasteiger partial charge in [-0.25, -0.2) is 4.98 Å². The van der Waals surface area contributed by atoms with Crippen LogP contribution in [0.1, 0.15) is 5.69 Å². The minimum atomic E-state index is 0.647. The van der Waals surface area contributed by atoms with E-state index < -0.39 is 0 Å². The molecule has 5 heteroatoms. The van der Waals surface area contributed by atoms with E-state index in [0.717, 1.165) is 22.5 Å². The lowest BCUT2D eigenvalue weighted by molar-refractivity contribution is 0.747. The van der Waals surface area contributed by atoms with Crippen molar-refractivity contribution in [3.05, 3.63) is 48.4 Å². The van der Waals surface area contributed by atoms with Gasteiger partial charge in [-0.05, 0) is 18.2 Å². The van der Waals surface area contributed by atoms with E-state index in [1.54, 1.807) is 10.9 Å². The van der Waals surface area contributed by atoms with Crippen molar-refractivity contribution in [3.63, 3.8) is 0 Å². The Morgan fingerprint density at radius 2 is 2.00 bits per heavy atom. The first kappa shape index (κ1) is 10.7. The van der Waals surface area contributed by atoms with E-state index in [1.807, 2.05) is 43.6 Å². The lowest BCUT2D eigenvalue weighted by Crippen LogP contribution is -2.03. The number of anilines is 1. The number of nitrogens with one attached hydrogen (secondary N) is 1. The Bertz CT molecular complexity index is 674. The highest BCUT2D eigenvalue weighted by atomic mass is 15.3. The molecular formula is C13H13N5. The topological polar surface area (TPSA) is 55.6 Å². The van der Waals surface area contributed by atoms with E-state index in [-0.39, 0.29) is 0 Å². The molecule has 0 aliphatic rings. The molecule has 1 N–H and O–H groups in total. The average molecular weight is 239 g/mol. The number of aryl methyl sites for hydroxylation is 1. The minimum absolute atomic E-state index is 0.647. The summed E-state index contributed by atoms with van der Waals surface area (Å²) in [5.74, 6) is 0.763. The first-order valence-corrected chi connectivity index (χ1v) is 5.75. The summed E-state index contributed by atoms with van der Waals surface area (Å²) in [6, 6.07) is 9.79. The van der Waals surface area contributed by atoms with Crippen LogP contribution in [0.5, 0.6) is 0 Å². The van der Waals surface area contributed by atoms with E-state index in [0.29, 0.717) is 6.54 Å². The zero-order valence-corrected chi connectivity index (χ0v) is 10.0. The third kappa shape index (κ3) is 2.15. The number of nitrogens with zero attached hydrogens (tertiary/aromatic N) is 4. The van der Waals surface area contributed by atoms with Crippen LogP contribution < -0.4 is 5.32 Å². The molecule has 90 valence electrons. The summed E-state index contributed by atoms with van der Waals surface area (Å²) < 4.78 is 1.78. The van der Waals surface area contributed by atoms with Gasteiger partial charge in [0.1, 0.15) is 5.82 Å². The predicted molar refractivity (Wildman–Crippen MR) is 70.1 cm³/mol. The van der Waals surface area contributed by atoms with Gasteiger partial charge in [0.05, 0.1) is 29.5 Å². The van der Waals surface area contributed by atoms with Gasteiger partial charge in [0.25, 0.3) is 0 Å². The van der Waals surface area contributed by atoms with Crippen molar-refractivity contribution in [3.8, 4) is 0 Å². The van der Waals surface area contributed by atoms with Gasteiger partial charge in [-0.15, -0.1) is 0 Å². The minimum Gasteiger partial charge on any atom is -0.363 e.